The highest BCUT2D eigenvalue weighted by molar-refractivity contribution is 5.86. The Morgan fingerprint density at radius 3 is 2.44 bits per heavy atom. The quantitative estimate of drug-likeness (QED) is 0.743. The molecule has 1 heterocycles. The molecule has 92 valence electrons. The van der Waals surface area contributed by atoms with Crippen LogP contribution in [0.2, 0.25) is 0 Å². The third kappa shape index (κ3) is 2.35. The van der Waals surface area contributed by atoms with Crippen LogP contribution in [0.15, 0.2) is 0 Å². The van der Waals surface area contributed by atoms with Gasteiger partial charge in [0.25, 0.3) is 0 Å². The minimum absolute atomic E-state index is 0.188. The lowest BCUT2D eigenvalue weighted by molar-refractivity contribution is -0.158. The van der Waals surface area contributed by atoms with Crippen molar-refractivity contribution in [3.8, 4) is 0 Å². The van der Waals surface area contributed by atoms with Crippen LogP contribution in [0.3, 0.4) is 0 Å². The Kier molecular flexibility index (Phi) is 3.91. The highest BCUT2D eigenvalue weighted by atomic mass is 16.4. The molecule has 0 spiro atoms. The van der Waals surface area contributed by atoms with Crippen molar-refractivity contribution >= 4 is 11.9 Å². The molecule has 1 unspecified atom stereocenters. The van der Waals surface area contributed by atoms with Crippen LogP contribution in [-0.4, -0.2) is 59.5 Å². The second-order valence-corrected chi connectivity index (χ2v) is 4.57. The number of carboxylic acid groups (broad SMARTS) is 1. The zero-order chi connectivity index (χ0) is 12.3. The van der Waals surface area contributed by atoms with E-state index in [0.29, 0.717) is 19.4 Å². The molecule has 0 aromatic heterocycles. The zero-order valence-corrected chi connectivity index (χ0v) is 10.2. The first kappa shape index (κ1) is 13.0. The van der Waals surface area contributed by atoms with E-state index in [1.165, 1.54) is 11.8 Å². The normalized spacial score (nSPS) is 27.2. The maximum Gasteiger partial charge on any atom is 0.329 e. The Morgan fingerprint density at radius 1 is 1.31 bits per heavy atom. The van der Waals surface area contributed by atoms with Crippen LogP contribution in [-0.2, 0) is 9.59 Å². The monoisotopic (exact) mass is 228 g/mol. The maximum atomic E-state index is 11.5. The summed E-state index contributed by atoms with van der Waals surface area (Å²) in [4.78, 5) is 26.4. The second kappa shape index (κ2) is 4.82. The molecule has 0 aromatic carbocycles. The van der Waals surface area contributed by atoms with Crippen molar-refractivity contribution in [3.05, 3.63) is 0 Å². The molecular formula is C11H20N2O3. The predicted octanol–water partition coefficient (Wildman–Crippen LogP) is 0.404. The summed E-state index contributed by atoms with van der Waals surface area (Å²) in [7, 11) is 3.56. The molecule has 5 nitrogen and oxygen atoms in total. The van der Waals surface area contributed by atoms with Crippen LogP contribution in [0, 0.1) is 0 Å². The summed E-state index contributed by atoms with van der Waals surface area (Å²) >= 11 is 0. The fourth-order valence-electron chi connectivity index (χ4n) is 2.25. The van der Waals surface area contributed by atoms with Crippen LogP contribution < -0.4 is 0 Å². The fourth-order valence-corrected chi connectivity index (χ4v) is 2.25. The molecule has 1 N–H and O–H groups in total. The number of carboxylic acids is 1. The first-order valence-corrected chi connectivity index (χ1v) is 5.56. The number of hydrogen-bond donors (Lipinski definition) is 1. The summed E-state index contributed by atoms with van der Waals surface area (Å²) in [5.74, 6) is -1.08. The predicted molar refractivity (Wildman–Crippen MR) is 60.2 cm³/mol. The molecule has 0 aromatic rings. The van der Waals surface area contributed by atoms with Crippen LogP contribution in [0.25, 0.3) is 0 Å². The number of carbonyl (C=O) groups is 2. The fraction of sp³-hybridized carbons (Fsp3) is 0.818. The molecule has 1 aliphatic rings. The van der Waals surface area contributed by atoms with E-state index in [0.717, 1.165) is 13.0 Å². The Morgan fingerprint density at radius 2 is 1.94 bits per heavy atom. The molecule has 1 fully saturated rings. The largest absolute Gasteiger partial charge is 0.479 e. The van der Waals surface area contributed by atoms with Gasteiger partial charge in [-0.05, 0) is 32.9 Å². The molecule has 1 aliphatic heterocycles. The molecule has 0 saturated carbocycles. The van der Waals surface area contributed by atoms with Gasteiger partial charge >= 0.3 is 5.97 Å². The van der Waals surface area contributed by atoms with Gasteiger partial charge in [-0.3, -0.25) is 4.79 Å². The number of hydrogen-bond acceptors (Lipinski definition) is 3. The van der Waals surface area contributed by atoms with E-state index in [2.05, 4.69) is 4.90 Å². The van der Waals surface area contributed by atoms with Gasteiger partial charge in [0.1, 0.15) is 5.54 Å². The topological polar surface area (TPSA) is 60.9 Å². The number of aliphatic carboxylic acids is 1. The lowest BCUT2D eigenvalue weighted by Crippen LogP contribution is -2.55. The van der Waals surface area contributed by atoms with Crippen LogP contribution in [0.4, 0.5) is 0 Å². The summed E-state index contributed by atoms with van der Waals surface area (Å²) in [6, 6.07) is 0. The van der Waals surface area contributed by atoms with Gasteiger partial charge in [0.15, 0.2) is 0 Å². The number of rotatable bonds is 2. The molecule has 1 atom stereocenters. The van der Waals surface area contributed by atoms with Gasteiger partial charge in [-0.1, -0.05) is 0 Å². The van der Waals surface area contributed by atoms with E-state index in [9.17, 15) is 14.7 Å². The molecule has 16 heavy (non-hydrogen) atoms. The van der Waals surface area contributed by atoms with Gasteiger partial charge in [0.2, 0.25) is 5.91 Å². The van der Waals surface area contributed by atoms with Crippen molar-refractivity contribution in [3.63, 3.8) is 0 Å². The van der Waals surface area contributed by atoms with Gasteiger partial charge in [-0.25, -0.2) is 4.79 Å². The van der Waals surface area contributed by atoms with Crippen molar-refractivity contribution in [2.75, 3.05) is 27.2 Å². The molecule has 0 bridgehead atoms. The highest BCUT2D eigenvalue weighted by Crippen LogP contribution is 2.28. The average Bonchev–Trinajstić information content (AvgIpc) is 2.40. The van der Waals surface area contributed by atoms with Crippen molar-refractivity contribution in [2.45, 2.75) is 31.7 Å². The number of nitrogens with zero attached hydrogens (tertiary/aromatic N) is 2. The van der Waals surface area contributed by atoms with Crippen molar-refractivity contribution in [1.82, 2.24) is 9.80 Å². The van der Waals surface area contributed by atoms with E-state index in [1.54, 1.807) is 7.05 Å². The van der Waals surface area contributed by atoms with Gasteiger partial charge in [0.05, 0.1) is 0 Å². The van der Waals surface area contributed by atoms with Gasteiger partial charge in [-0.15, -0.1) is 0 Å². The molecule has 0 radical (unpaired) electrons. The van der Waals surface area contributed by atoms with E-state index < -0.39 is 11.5 Å². The average molecular weight is 228 g/mol. The van der Waals surface area contributed by atoms with Crippen molar-refractivity contribution in [1.29, 1.82) is 0 Å². The third-order valence-corrected chi connectivity index (χ3v) is 3.55. The first-order chi connectivity index (χ1) is 7.40. The summed E-state index contributed by atoms with van der Waals surface area (Å²) < 4.78 is 0. The molecule has 5 heteroatoms. The van der Waals surface area contributed by atoms with E-state index in [4.69, 9.17) is 0 Å². The minimum atomic E-state index is -1.02. The Labute approximate surface area is 96.0 Å². The third-order valence-electron chi connectivity index (χ3n) is 3.55. The molecule has 1 rings (SSSR count). The van der Waals surface area contributed by atoms with Crippen LogP contribution in [0.1, 0.15) is 26.2 Å². The SMILES string of the molecule is CC(=O)N(C)C1(C(=O)O)CCCN(C)CC1. The molecular weight excluding hydrogens is 208 g/mol. The lowest BCUT2D eigenvalue weighted by Gasteiger charge is -2.37. The highest BCUT2D eigenvalue weighted by Gasteiger charge is 2.44. The van der Waals surface area contributed by atoms with Gasteiger partial charge in [-0.2, -0.15) is 0 Å². The van der Waals surface area contributed by atoms with E-state index in [-0.39, 0.29) is 5.91 Å². The lowest BCUT2D eigenvalue weighted by atomic mass is 9.89. The Bertz CT molecular complexity index is 293. The number of carbonyl (C=O) groups excluding carboxylic acids is 1. The smallest absolute Gasteiger partial charge is 0.329 e. The van der Waals surface area contributed by atoms with Gasteiger partial charge in [0, 0.05) is 20.5 Å². The van der Waals surface area contributed by atoms with Gasteiger partial charge < -0.3 is 14.9 Å². The van der Waals surface area contributed by atoms with Crippen LogP contribution in [0.5, 0.6) is 0 Å². The molecule has 1 saturated heterocycles. The van der Waals surface area contributed by atoms with E-state index in [1.807, 2.05) is 7.05 Å². The number of likely N-dealkylation sites (tertiary alicyclic amines) is 1. The Balaban J connectivity index is 2.96. The number of amides is 1. The molecule has 1 amide bonds. The van der Waals surface area contributed by atoms with Crippen molar-refractivity contribution < 1.29 is 14.7 Å². The standard InChI is InChI=1S/C11H20N2O3/c1-9(14)13(3)11(10(15)16)5-4-7-12(2)8-6-11/h4-8H2,1-3H3,(H,15,16). The summed E-state index contributed by atoms with van der Waals surface area (Å²) in [6.07, 6.45) is 1.83. The van der Waals surface area contributed by atoms with Crippen molar-refractivity contribution in [2.24, 2.45) is 0 Å². The number of likely N-dealkylation sites (N-methyl/N-ethyl adjacent to an activating group) is 1. The van der Waals surface area contributed by atoms with E-state index >= 15 is 0 Å². The maximum absolute atomic E-state index is 11.5. The Hall–Kier alpha value is -1.10. The van der Waals surface area contributed by atoms with Crippen LogP contribution >= 0.6 is 0 Å². The zero-order valence-electron chi connectivity index (χ0n) is 10.2. The summed E-state index contributed by atoms with van der Waals surface area (Å²) in [6.45, 7) is 3.02. The molecule has 0 aliphatic carbocycles. The second-order valence-electron chi connectivity index (χ2n) is 4.57. The first-order valence-electron chi connectivity index (χ1n) is 5.56. The minimum Gasteiger partial charge on any atom is -0.479 e. The summed E-state index contributed by atoms with van der Waals surface area (Å²) in [5, 5.41) is 9.41. The summed E-state index contributed by atoms with van der Waals surface area (Å²) in [5.41, 5.74) is -1.02.